The molecule has 0 aromatic heterocycles. The fraction of sp³-hybridized carbons (Fsp3) is 0.750. The molecule has 0 aromatic rings. The van der Waals surface area contributed by atoms with Gasteiger partial charge in [0.1, 0.15) is 0 Å². The zero-order chi connectivity index (χ0) is 7.56. The monoisotopic (exact) mass is 141 g/mol. The van der Waals surface area contributed by atoms with Crippen LogP contribution < -0.4 is 5.73 Å². The minimum absolute atomic E-state index is 0.209. The fourth-order valence-corrected chi connectivity index (χ4v) is 1.35. The van der Waals surface area contributed by atoms with Crippen molar-refractivity contribution in [2.45, 2.75) is 31.4 Å². The molecule has 2 unspecified atom stereocenters. The summed E-state index contributed by atoms with van der Waals surface area (Å²) in [5, 5.41) is 0. The molecule has 0 radical (unpaired) electrons. The first-order chi connectivity index (χ1) is 4.74. The highest BCUT2D eigenvalue weighted by Gasteiger charge is 2.22. The van der Waals surface area contributed by atoms with Crippen LogP contribution in [0.5, 0.6) is 0 Å². The molecule has 1 saturated carbocycles. The van der Waals surface area contributed by atoms with Crippen LogP contribution in [0.4, 0.5) is 0 Å². The third-order valence-corrected chi connectivity index (χ3v) is 2.10. The molecule has 10 heavy (non-hydrogen) atoms. The predicted molar refractivity (Wildman–Crippen MR) is 41.8 cm³/mol. The lowest BCUT2D eigenvalue weighted by Crippen LogP contribution is -2.39. The highest BCUT2D eigenvalue weighted by Crippen LogP contribution is 2.22. The van der Waals surface area contributed by atoms with Crippen molar-refractivity contribution in [2.75, 3.05) is 7.11 Å². The molecule has 58 valence electrons. The first-order valence-electron chi connectivity index (χ1n) is 3.69. The Morgan fingerprint density at radius 1 is 1.70 bits per heavy atom. The van der Waals surface area contributed by atoms with E-state index in [0.717, 1.165) is 19.3 Å². The maximum absolute atomic E-state index is 5.79. The summed E-state index contributed by atoms with van der Waals surface area (Å²) in [5.74, 6) is 0. The summed E-state index contributed by atoms with van der Waals surface area (Å²) in [6.45, 7) is 3.91. The van der Waals surface area contributed by atoms with Crippen molar-refractivity contribution in [3.05, 3.63) is 12.2 Å². The van der Waals surface area contributed by atoms with Crippen LogP contribution in [-0.2, 0) is 4.74 Å². The Bertz CT molecular complexity index is 133. The van der Waals surface area contributed by atoms with Crippen LogP contribution in [-0.4, -0.2) is 19.3 Å². The summed E-state index contributed by atoms with van der Waals surface area (Å²) >= 11 is 0. The van der Waals surface area contributed by atoms with Crippen LogP contribution in [0.25, 0.3) is 0 Å². The number of methoxy groups -OCH3 is 1. The average Bonchev–Trinajstić information content (AvgIpc) is 1.94. The summed E-state index contributed by atoms with van der Waals surface area (Å²) in [6, 6.07) is 0.218. The third-order valence-electron chi connectivity index (χ3n) is 2.10. The predicted octanol–water partition coefficient (Wildman–Crippen LogP) is 1.07. The molecule has 1 rings (SSSR count). The van der Waals surface area contributed by atoms with Gasteiger partial charge in [0, 0.05) is 13.2 Å². The molecule has 1 aliphatic carbocycles. The third kappa shape index (κ3) is 1.58. The van der Waals surface area contributed by atoms with Gasteiger partial charge in [-0.25, -0.2) is 0 Å². The Balaban J connectivity index is 2.45. The van der Waals surface area contributed by atoms with Gasteiger partial charge in [0.2, 0.25) is 0 Å². The SMILES string of the molecule is C=C1CCC(N)C(OC)C1. The van der Waals surface area contributed by atoms with Gasteiger partial charge in [-0.15, -0.1) is 0 Å². The molecule has 1 aliphatic rings. The van der Waals surface area contributed by atoms with Crippen molar-refractivity contribution >= 4 is 0 Å². The first kappa shape index (κ1) is 7.76. The smallest absolute Gasteiger partial charge is 0.0759 e. The van der Waals surface area contributed by atoms with Crippen LogP contribution in [0.1, 0.15) is 19.3 Å². The summed E-state index contributed by atoms with van der Waals surface area (Å²) in [4.78, 5) is 0. The lowest BCUT2D eigenvalue weighted by atomic mass is 9.90. The van der Waals surface area contributed by atoms with Crippen LogP contribution in [0.15, 0.2) is 12.2 Å². The van der Waals surface area contributed by atoms with Gasteiger partial charge in [0.25, 0.3) is 0 Å². The zero-order valence-corrected chi connectivity index (χ0v) is 6.47. The lowest BCUT2D eigenvalue weighted by Gasteiger charge is -2.28. The molecular weight excluding hydrogens is 126 g/mol. The summed E-state index contributed by atoms with van der Waals surface area (Å²) in [7, 11) is 1.71. The second kappa shape index (κ2) is 3.17. The second-order valence-corrected chi connectivity index (χ2v) is 2.93. The maximum atomic E-state index is 5.79. The summed E-state index contributed by atoms with van der Waals surface area (Å²) in [6.07, 6.45) is 3.25. The van der Waals surface area contributed by atoms with Gasteiger partial charge in [-0.3, -0.25) is 0 Å². The normalized spacial score (nSPS) is 34.4. The van der Waals surface area contributed by atoms with Gasteiger partial charge in [0.05, 0.1) is 6.10 Å². The first-order valence-corrected chi connectivity index (χ1v) is 3.69. The highest BCUT2D eigenvalue weighted by molar-refractivity contribution is 5.03. The second-order valence-electron chi connectivity index (χ2n) is 2.93. The van der Waals surface area contributed by atoms with E-state index in [1.807, 2.05) is 0 Å². The van der Waals surface area contributed by atoms with Crippen LogP contribution in [0, 0.1) is 0 Å². The summed E-state index contributed by atoms with van der Waals surface area (Å²) < 4.78 is 5.19. The quantitative estimate of drug-likeness (QED) is 0.554. The number of rotatable bonds is 1. The topological polar surface area (TPSA) is 35.2 Å². The van der Waals surface area contributed by atoms with Crippen molar-refractivity contribution < 1.29 is 4.74 Å². The Morgan fingerprint density at radius 2 is 2.40 bits per heavy atom. The van der Waals surface area contributed by atoms with E-state index < -0.39 is 0 Å². The van der Waals surface area contributed by atoms with Crippen molar-refractivity contribution in [3.63, 3.8) is 0 Å². The van der Waals surface area contributed by atoms with Gasteiger partial charge in [-0.2, -0.15) is 0 Å². The molecule has 0 saturated heterocycles. The zero-order valence-electron chi connectivity index (χ0n) is 6.47. The minimum Gasteiger partial charge on any atom is -0.380 e. The summed E-state index contributed by atoms with van der Waals surface area (Å²) in [5.41, 5.74) is 7.06. The Morgan fingerprint density at radius 3 is 2.90 bits per heavy atom. The molecule has 0 amide bonds. The van der Waals surface area contributed by atoms with E-state index in [1.165, 1.54) is 5.57 Å². The Hall–Kier alpha value is -0.340. The molecule has 0 bridgehead atoms. The van der Waals surface area contributed by atoms with Crippen LogP contribution in [0.3, 0.4) is 0 Å². The van der Waals surface area contributed by atoms with Gasteiger partial charge in [-0.05, 0) is 19.3 Å². The van der Waals surface area contributed by atoms with Gasteiger partial charge < -0.3 is 10.5 Å². The number of hydrogen-bond acceptors (Lipinski definition) is 2. The van der Waals surface area contributed by atoms with Crippen molar-refractivity contribution in [1.82, 2.24) is 0 Å². The number of hydrogen-bond donors (Lipinski definition) is 1. The fourth-order valence-electron chi connectivity index (χ4n) is 1.35. The Labute approximate surface area is 62.1 Å². The Kier molecular flexibility index (Phi) is 2.46. The van der Waals surface area contributed by atoms with Gasteiger partial charge in [-0.1, -0.05) is 12.2 Å². The van der Waals surface area contributed by atoms with E-state index in [-0.39, 0.29) is 12.1 Å². The van der Waals surface area contributed by atoms with E-state index in [2.05, 4.69) is 6.58 Å². The molecule has 1 fully saturated rings. The molecule has 0 heterocycles. The number of nitrogens with two attached hydrogens (primary N) is 1. The van der Waals surface area contributed by atoms with Gasteiger partial charge >= 0.3 is 0 Å². The van der Waals surface area contributed by atoms with E-state index in [1.54, 1.807) is 7.11 Å². The van der Waals surface area contributed by atoms with E-state index in [9.17, 15) is 0 Å². The maximum Gasteiger partial charge on any atom is 0.0759 e. The van der Waals surface area contributed by atoms with E-state index in [4.69, 9.17) is 10.5 Å². The highest BCUT2D eigenvalue weighted by atomic mass is 16.5. The molecule has 0 aromatic carbocycles. The molecule has 2 nitrogen and oxygen atoms in total. The van der Waals surface area contributed by atoms with E-state index in [0.29, 0.717) is 0 Å². The van der Waals surface area contributed by atoms with Crippen LogP contribution in [0.2, 0.25) is 0 Å². The largest absolute Gasteiger partial charge is 0.380 e. The average molecular weight is 141 g/mol. The lowest BCUT2D eigenvalue weighted by molar-refractivity contribution is 0.0687. The molecule has 2 atom stereocenters. The number of ether oxygens (including phenoxy) is 1. The van der Waals surface area contributed by atoms with E-state index >= 15 is 0 Å². The molecule has 2 heteroatoms. The van der Waals surface area contributed by atoms with Crippen molar-refractivity contribution in [3.8, 4) is 0 Å². The van der Waals surface area contributed by atoms with Crippen molar-refractivity contribution in [2.24, 2.45) is 5.73 Å². The minimum atomic E-state index is 0.209. The van der Waals surface area contributed by atoms with Crippen molar-refractivity contribution in [1.29, 1.82) is 0 Å². The van der Waals surface area contributed by atoms with Crippen LogP contribution >= 0.6 is 0 Å². The molecule has 2 N–H and O–H groups in total. The standard InChI is InChI=1S/C8H15NO/c1-6-3-4-7(9)8(5-6)10-2/h7-8H,1,3-5,9H2,2H3. The molecule has 0 aliphatic heterocycles. The molecular formula is C8H15NO. The van der Waals surface area contributed by atoms with Gasteiger partial charge in [0.15, 0.2) is 0 Å². The molecule has 0 spiro atoms.